The molecule has 0 aliphatic carbocycles. The number of nitrogens with zero attached hydrogens (tertiary/aromatic N) is 1. The van der Waals surface area contributed by atoms with Gasteiger partial charge >= 0.3 is 0 Å². The summed E-state index contributed by atoms with van der Waals surface area (Å²) in [4.78, 5) is 25.9. The fourth-order valence-electron chi connectivity index (χ4n) is 2.20. The Morgan fingerprint density at radius 1 is 1.14 bits per heavy atom. The molecule has 2 aromatic rings. The van der Waals surface area contributed by atoms with Crippen molar-refractivity contribution in [3.63, 3.8) is 0 Å². The Bertz CT molecular complexity index is 733. The predicted molar refractivity (Wildman–Crippen MR) is 90.5 cm³/mol. The van der Waals surface area contributed by atoms with Crippen molar-refractivity contribution in [3.05, 3.63) is 59.1 Å². The number of imide groups is 1. The summed E-state index contributed by atoms with van der Waals surface area (Å²) in [6.07, 6.45) is 0. The lowest BCUT2D eigenvalue weighted by Gasteiger charge is -2.15. The molecule has 0 radical (unpaired) electrons. The molecule has 0 saturated carbocycles. The van der Waals surface area contributed by atoms with Crippen molar-refractivity contribution in [2.24, 2.45) is 0 Å². The zero-order valence-electron chi connectivity index (χ0n) is 11.7. The van der Waals surface area contributed by atoms with Gasteiger partial charge in [0, 0.05) is 10.7 Å². The van der Waals surface area contributed by atoms with Crippen LogP contribution < -0.4 is 10.2 Å². The van der Waals surface area contributed by atoms with Gasteiger partial charge in [-0.05, 0) is 60.6 Å². The molecule has 112 valence electrons. The number of thioether (sulfide) groups is 1. The van der Waals surface area contributed by atoms with Gasteiger partial charge in [-0.2, -0.15) is 0 Å². The van der Waals surface area contributed by atoms with Crippen LogP contribution in [0.5, 0.6) is 0 Å². The van der Waals surface area contributed by atoms with Crippen LogP contribution in [0.4, 0.5) is 16.2 Å². The molecular formula is C16H13ClN2O2S. The van der Waals surface area contributed by atoms with Crippen molar-refractivity contribution in [1.82, 2.24) is 0 Å². The summed E-state index contributed by atoms with van der Waals surface area (Å²) in [6.45, 7) is 1.92. The van der Waals surface area contributed by atoms with E-state index in [-0.39, 0.29) is 11.1 Å². The van der Waals surface area contributed by atoms with Crippen LogP contribution in [0, 0.1) is 6.92 Å². The van der Waals surface area contributed by atoms with Gasteiger partial charge < -0.3 is 5.32 Å². The van der Waals surface area contributed by atoms with Crippen molar-refractivity contribution in [2.45, 2.75) is 12.3 Å². The number of hydrogen-bond acceptors (Lipinski definition) is 4. The van der Waals surface area contributed by atoms with Gasteiger partial charge in [-0.1, -0.05) is 23.7 Å². The summed E-state index contributed by atoms with van der Waals surface area (Å²) >= 11 is 6.81. The van der Waals surface area contributed by atoms with Gasteiger partial charge in [0.25, 0.3) is 11.1 Å². The molecule has 1 aliphatic heterocycles. The van der Waals surface area contributed by atoms with Crippen LogP contribution in [-0.4, -0.2) is 16.5 Å². The van der Waals surface area contributed by atoms with E-state index in [1.165, 1.54) is 4.90 Å². The highest BCUT2D eigenvalue weighted by atomic mass is 35.5. The molecule has 22 heavy (non-hydrogen) atoms. The molecule has 1 saturated heterocycles. The van der Waals surface area contributed by atoms with Crippen molar-refractivity contribution >= 4 is 45.9 Å². The quantitative estimate of drug-likeness (QED) is 0.911. The van der Waals surface area contributed by atoms with Gasteiger partial charge in [-0.25, -0.2) is 4.90 Å². The lowest BCUT2D eigenvalue weighted by Crippen LogP contribution is -2.34. The third-order valence-electron chi connectivity index (χ3n) is 3.25. The number of carbonyl (C=O) groups excluding carboxylic acids is 2. The van der Waals surface area contributed by atoms with Crippen LogP contribution in [0.3, 0.4) is 0 Å². The van der Waals surface area contributed by atoms with Crippen LogP contribution in [0.2, 0.25) is 5.02 Å². The van der Waals surface area contributed by atoms with E-state index in [1.54, 1.807) is 30.3 Å². The van der Waals surface area contributed by atoms with Gasteiger partial charge in [-0.15, -0.1) is 0 Å². The first-order valence-electron chi connectivity index (χ1n) is 6.68. The minimum absolute atomic E-state index is 0.268. The zero-order valence-corrected chi connectivity index (χ0v) is 13.3. The van der Waals surface area contributed by atoms with Gasteiger partial charge in [0.1, 0.15) is 0 Å². The van der Waals surface area contributed by atoms with Gasteiger partial charge in [-0.3, -0.25) is 9.59 Å². The second-order valence-corrected chi connectivity index (χ2v) is 6.42. The second kappa shape index (κ2) is 6.02. The summed E-state index contributed by atoms with van der Waals surface area (Å²) < 4.78 is 0. The third kappa shape index (κ3) is 2.96. The Hall–Kier alpha value is -1.98. The molecule has 1 heterocycles. The molecule has 2 amide bonds. The minimum atomic E-state index is -0.630. The Morgan fingerprint density at radius 3 is 2.55 bits per heavy atom. The highest BCUT2D eigenvalue weighted by molar-refractivity contribution is 8.16. The van der Waals surface area contributed by atoms with Crippen molar-refractivity contribution in [2.75, 3.05) is 10.2 Å². The molecule has 0 unspecified atom stereocenters. The largest absolute Gasteiger partial charge is 0.365 e. The number of aryl methyl sites for hydroxylation is 1. The molecule has 1 aliphatic rings. The maximum Gasteiger partial charge on any atom is 0.295 e. The number of carbonyl (C=O) groups is 2. The lowest BCUT2D eigenvalue weighted by atomic mass is 10.2. The van der Waals surface area contributed by atoms with E-state index >= 15 is 0 Å². The van der Waals surface area contributed by atoms with Crippen molar-refractivity contribution in [1.29, 1.82) is 0 Å². The molecule has 1 N–H and O–H groups in total. The summed E-state index contributed by atoms with van der Waals surface area (Å²) in [6, 6.07) is 14.3. The maximum absolute atomic E-state index is 12.5. The topological polar surface area (TPSA) is 49.4 Å². The fourth-order valence-corrected chi connectivity index (χ4v) is 3.23. The molecule has 2 aromatic carbocycles. The van der Waals surface area contributed by atoms with Crippen LogP contribution >= 0.6 is 23.4 Å². The molecule has 6 heteroatoms. The normalized spacial score (nSPS) is 17.9. The van der Waals surface area contributed by atoms with E-state index in [2.05, 4.69) is 5.32 Å². The average Bonchev–Trinajstić information content (AvgIpc) is 2.76. The second-order valence-electron chi connectivity index (χ2n) is 4.93. The predicted octanol–water partition coefficient (Wildman–Crippen LogP) is 4.29. The molecule has 0 bridgehead atoms. The first-order valence-corrected chi connectivity index (χ1v) is 7.94. The Balaban J connectivity index is 1.81. The van der Waals surface area contributed by atoms with Crippen LogP contribution in [0.15, 0.2) is 48.5 Å². The standard InChI is InChI=1S/C16H13ClN2O2S/c1-10-3-2-4-13(9-10)19-15(20)14(22-16(19)21)18-12-7-5-11(17)6-8-12/h2-9,14,18H,1H3/t14-/m0/s1. The molecule has 1 atom stereocenters. The molecule has 1 fully saturated rings. The molecule has 4 nitrogen and oxygen atoms in total. The van der Waals surface area contributed by atoms with Gasteiger partial charge in [0.05, 0.1) is 5.69 Å². The highest BCUT2D eigenvalue weighted by Gasteiger charge is 2.40. The van der Waals surface area contributed by atoms with E-state index in [1.807, 2.05) is 25.1 Å². The molecular weight excluding hydrogens is 320 g/mol. The summed E-state index contributed by atoms with van der Waals surface area (Å²) in [5.74, 6) is -0.268. The Labute approximate surface area is 137 Å². The number of nitrogens with one attached hydrogen (secondary N) is 1. The maximum atomic E-state index is 12.5. The monoisotopic (exact) mass is 332 g/mol. The van der Waals surface area contributed by atoms with Crippen molar-refractivity contribution < 1.29 is 9.59 Å². The average molecular weight is 333 g/mol. The molecule has 0 aromatic heterocycles. The van der Waals surface area contributed by atoms with E-state index in [9.17, 15) is 9.59 Å². The van der Waals surface area contributed by atoms with E-state index in [4.69, 9.17) is 11.6 Å². The summed E-state index contributed by atoms with van der Waals surface area (Å²) in [5.41, 5.74) is 2.34. The number of hydrogen-bond donors (Lipinski definition) is 1. The first-order chi connectivity index (χ1) is 10.5. The number of rotatable bonds is 3. The SMILES string of the molecule is Cc1cccc(N2C(=O)S[C@H](Nc3ccc(Cl)cc3)C2=O)c1. The minimum Gasteiger partial charge on any atom is -0.365 e. The first kappa shape index (κ1) is 14.9. The molecule has 3 rings (SSSR count). The Kier molecular flexibility index (Phi) is 4.09. The van der Waals surface area contributed by atoms with E-state index in [0.717, 1.165) is 23.0 Å². The lowest BCUT2D eigenvalue weighted by molar-refractivity contribution is -0.116. The zero-order chi connectivity index (χ0) is 15.7. The van der Waals surface area contributed by atoms with Gasteiger partial charge in [0.2, 0.25) is 0 Å². The van der Waals surface area contributed by atoms with Crippen molar-refractivity contribution in [3.8, 4) is 0 Å². The van der Waals surface area contributed by atoms with Crippen LogP contribution in [0.1, 0.15) is 5.56 Å². The Morgan fingerprint density at radius 2 is 1.86 bits per heavy atom. The van der Waals surface area contributed by atoms with E-state index in [0.29, 0.717) is 10.7 Å². The summed E-state index contributed by atoms with van der Waals surface area (Å²) in [7, 11) is 0. The van der Waals surface area contributed by atoms with Crippen LogP contribution in [0.25, 0.3) is 0 Å². The smallest absolute Gasteiger partial charge is 0.295 e. The summed E-state index contributed by atoms with van der Waals surface area (Å²) in [5, 5.41) is 2.77. The number of anilines is 2. The third-order valence-corrected chi connectivity index (χ3v) is 4.44. The number of halogens is 1. The molecule has 0 spiro atoms. The number of amides is 2. The fraction of sp³-hybridized carbons (Fsp3) is 0.125. The van der Waals surface area contributed by atoms with Crippen LogP contribution in [-0.2, 0) is 4.79 Å². The van der Waals surface area contributed by atoms with Gasteiger partial charge in [0.15, 0.2) is 5.37 Å². The number of benzene rings is 2. The highest BCUT2D eigenvalue weighted by Crippen LogP contribution is 2.32. The van der Waals surface area contributed by atoms with E-state index < -0.39 is 5.37 Å².